The van der Waals surface area contributed by atoms with E-state index in [-0.39, 0.29) is 12.2 Å². The Balaban J connectivity index is 1.03. The number of nitrogens with one attached hydrogen (secondary N) is 1. The summed E-state index contributed by atoms with van der Waals surface area (Å²) in [4.78, 5) is 19.7. The van der Waals surface area contributed by atoms with Crippen LogP contribution in [-0.4, -0.2) is 48.2 Å². The number of ether oxygens (including phenoxy) is 1. The number of anilines is 4. The minimum atomic E-state index is -1.03. The fraction of sp³-hybridized carbons (Fsp3) is 0.432. The third-order valence-corrected chi connectivity index (χ3v) is 12.2. The second-order valence-electron chi connectivity index (χ2n) is 15.2. The highest BCUT2D eigenvalue weighted by Gasteiger charge is 2.51. The number of hydrogen-bond donors (Lipinski definition) is 2. The van der Waals surface area contributed by atoms with Crippen molar-refractivity contribution < 1.29 is 14.6 Å². The van der Waals surface area contributed by atoms with Crippen LogP contribution in [0.3, 0.4) is 0 Å². The van der Waals surface area contributed by atoms with Gasteiger partial charge in [-0.05, 0) is 113 Å². The summed E-state index contributed by atoms with van der Waals surface area (Å²) in [6, 6.07) is 15.6. The Kier molecular flexibility index (Phi) is 6.63. The Morgan fingerprint density at radius 1 is 1.00 bits per heavy atom. The minimum absolute atomic E-state index is 0.146. The molecule has 246 valence electrons. The van der Waals surface area contributed by atoms with Gasteiger partial charge in [-0.3, -0.25) is 4.68 Å². The first-order chi connectivity index (χ1) is 23.1. The number of aromatic carboxylic acids is 1. The molecule has 4 saturated carbocycles. The lowest BCUT2D eigenvalue weighted by Gasteiger charge is -2.56. The van der Waals surface area contributed by atoms with E-state index < -0.39 is 11.5 Å². The van der Waals surface area contributed by atoms with Crippen molar-refractivity contribution in [1.82, 2.24) is 25.0 Å². The second-order valence-corrected chi connectivity index (χ2v) is 16.2. The quantitative estimate of drug-likeness (QED) is 0.178. The first-order valence-electron chi connectivity index (χ1n) is 17.0. The summed E-state index contributed by atoms with van der Waals surface area (Å²) in [5.74, 6) is 3.08. The number of carboxylic acids is 1. The molecule has 0 spiro atoms. The monoisotopic (exact) mass is 661 g/mol. The Labute approximate surface area is 283 Å². The van der Waals surface area contributed by atoms with Crippen molar-refractivity contribution in [2.75, 3.05) is 16.8 Å². The zero-order valence-corrected chi connectivity index (χ0v) is 28.3. The Morgan fingerprint density at radius 3 is 2.44 bits per heavy atom. The van der Waals surface area contributed by atoms with Crippen LogP contribution in [-0.2, 0) is 6.54 Å². The lowest BCUT2D eigenvalue weighted by molar-refractivity contribution is -0.0638. The number of nitrogens with zero attached hydrogens (tertiary/aromatic N) is 6. The van der Waals surface area contributed by atoms with Crippen LogP contribution in [0.2, 0.25) is 0 Å². The fourth-order valence-electron chi connectivity index (χ4n) is 9.62. The lowest BCUT2D eigenvalue weighted by Crippen LogP contribution is -2.49. The number of para-hydroxylation sites is 1. The van der Waals surface area contributed by atoms with Crippen LogP contribution in [0.5, 0.6) is 5.75 Å². The van der Waals surface area contributed by atoms with Crippen LogP contribution >= 0.6 is 11.3 Å². The Morgan fingerprint density at radius 2 is 1.75 bits per heavy atom. The van der Waals surface area contributed by atoms with Crippen LogP contribution in [0.4, 0.5) is 22.5 Å². The molecule has 4 fully saturated rings. The molecule has 48 heavy (non-hydrogen) atoms. The largest absolute Gasteiger partial charge is 0.488 e. The van der Waals surface area contributed by atoms with E-state index in [1.54, 1.807) is 11.3 Å². The van der Waals surface area contributed by atoms with Crippen molar-refractivity contribution in [2.24, 2.45) is 23.2 Å². The fourth-order valence-corrected chi connectivity index (χ4v) is 10.5. The summed E-state index contributed by atoms with van der Waals surface area (Å²) in [5, 5.41) is 28.6. The molecule has 4 bridgehead atoms. The van der Waals surface area contributed by atoms with Crippen molar-refractivity contribution in [3.05, 3.63) is 66.0 Å². The van der Waals surface area contributed by atoms with Crippen molar-refractivity contribution >= 4 is 50.0 Å². The van der Waals surface area contributed by atoms with Gasteiger partial charge in [0.2, 0.25) is 0 Å². The number of fused-ring (bicyclic) bond motifs is 2. The Bertz CT molecular complexity index is 2000. The van der Waals surface area contributed by atoms with Crippen LogP contribution < -0.4 is 15.0 Å². The first-order valence-corrected chi connectivity index (χ1v) is 17.8. The summed E-state index contributed by atoms with van der Waals surface area (Å²) in [5.41, 5.74) is 3.99. The van der Waals surface area contributed by atoms with E-state index in [1.807, 2.05) is 59.6 Å². The van der Waals surface area contributed by atoms with E-state index in [0.717, 1.165) is 50.9 Å². The molecule has 0 radical (unpaired) electrons. The van der Waals surface area contributed by atoms with Crippen LogP contribution in [0.15, 0.2) is 54.7 Å². The number of benzene rings is 2. The highest BCUT2D eigenvalue weighted by atomic mass is 32.1. The summed E-state index contributed by atoms with van der Waals surface area (Å²) in [6.45, 7) is 7.37. The molecule has 11 heteroatoms. The predicted molar refractivity (Wildman–Crippen MR) is 187 cm³/mol. The van der Waals surface area contributed by atoms with Crippen LogP contribution in [0.25, 0.3) is 21.3 Å². The molecule has 2 aromatic carbocycles. The van der Waals surface area contributed by atoms with Gasteiger partial charge in [-0.15, -0.1) is 10.2 Å². The maximum atomic E-state index is 13.0. The van der Waals surface area contributed by atoms with Gasteiger partial charge < -0.3 is 20.1 Å². The van der Waals surface area contributed by atoms with Crippen molar-refractivity contribution in [3.8, 4) is 16.9 Å². The third-order valence-electron chi connectivity index (χ3n) is 11.2. The van der Waals surface area contributed by atoms with Gasteiger partial charge in [-0.2, -0.15) is 5.10 Å². The highest BCUT2D eigenvalue weighted by molar-refractivity contribution is 7.22. The van der Waals surface area contributed by atoms with Crippen LogP contribution in [0.1, 0.15) is 68.4 Å². The van der Waals surface area contributed by atoms with Gasteiger partial charge >= 0.3 is 5.97 Å². The summed E-state index contributed by atoms with van der Waals surface area (Å²) >= 11 is 1.56. The molecule has 0 saturated heterocycles. The molecule has 4 heterocycles. The normalized spacial score (nSPS) is 25.2. The van der Waals surface area contributed by atoms with E-state index >= 15 is 0 Å². The second kappa shape index (κ2) is 10.7. The zero-order valence-electron chi connectivity index (χ0n) is 27.4. The average molecular weight is 662 g/mol. The lowest BCUT2D eigenvalue weighted by atomic mass is 9.49. The third kappa shape index (κ3) is 4.84. The molecule has 0 amide bonds. The molecule has 10 rings (SSSR count). The number of carbonyl (C=O) groups is 1. The standard InChI is InChI=1S/C37H39N7O3S/c1-21-26(18-38-43(21)19-37-15-22-12-23(16-37)14-24(13-22)17-37)25-8-9-28-33(32(25)34(45)46)47-20-36(2,3)44(28)31-11-10-30(41-42-31)40-35-39-27-6-4-5-7-29(27)48-35/h4-11,18,22-24H,12-17,19-20H2,1-3H3,(H,45,46)(H,39,40,41). The first kappa shape index (κ1) is 29.6. The van der Waals surface area contributed by atoms with E-state index in [0.29, 0.717) is 34.1 Å². The molecule has 3 aromatic heterocycles. The SMILES string of the molecule is Cc1c(-c2ccc3c(c2C(=O)O)OCC(C)(C)N3c2ccc(Nc3nc4ccccc4s3)nn2)cnn1CC12CC3CC(CC(C3)C1)C2. The predicted octanol–water partition coefficient (Wildman–Crippen LogP) is 8.23. The van der Waals surface area contributed by atoms with Crippen LogP contribution in [0, 0.1) is 30.1 Å². The van der Waals surface area contributed by atoms with Gasteiger partial charge in [0.15, 0.2) is 22.5 Å². The van der Waals surface area contributed by atoms with Crippen molar-refractivity contribution in [1.29, 1.82) is 0 Å². The maximum absolute atomic E-state index is 13.0. The molecule has 0 atom stereocenters. The van der Waals surface area contributed by atoms with Gasteiger partial charge in [0.25, 0.3) is 0 Å². The number of rotatable bonds is 7. The summed E-state index contributed by atoms with van der Waals surface area (Å²) < 4.78 is 9.53. The molecule has 10 nitrogen and oxygen atoms in total. The topological polar surface area (TPSA) is 118 Å². The van der Waals surface area contributed by atoms with Gasteiger partial charge in [0, 0.05) is 23.4 Å². The number of aromatic nitrogens is 5. The van der Waals surface area contributed by atoms with Gasteiger partial charge in [-0.25, -0.2) is 9.78 Å². The minimum Gasteiger partial charge on any atom is -0.488 e. The number of thiazole rings is 1. The number of carboxylic acid groups (broad SMARTS) is 1. The average Bonchev–Trinajstić information content (AvgIpc) is 3.62. The molecule has 4 aliphatic carbocycles. The van der Waals surface area contributed by atoms with E-state index in [9.17, 15) is 9.90 Å². The van der Waals surface area contributed by atoms with Crippen molar-refractivity contribution in [3.63, 3.8) is 0 Å². The van der Waals surface area contributed by atoms with E-state index in [1.165, 1.54) is 38.5 Å². The molecule has 5 aliphatic rings. The zero-order chi connectivity index (χ0) is 32.8. The smallest absolute Gasteiger partial charge is 0.340 e. The molecule has 0 unspecified atom stereocenters. The van der Waals surface area contributed by atoms with Gasteiger partial charge in [-0.1, -0.05) is 29.5 Å². The van der Waals surface area contributed by atoms with Crippen molar-refractivity contribution in [2.45, 2.75) is 71.4 Å². The summed E-state index contributed by atoms with van der Waals surface area (Å²) in [6.07, 6.45) is 9.97. The molecular weight excluding hydrogens is 623 g/mol. The molecular formula is C37H39N7O3S. The van der Waals surface area contributed by atoms with Gasteiger partial charge in [0.05, 0.1) is 27.6 Å². The Hall–Kier alpha value is -4.51. The summed E-state index contributed by atoms with van der Waals surface area (Å²) in [7, 11) is 0. The van der Waals surface area contributed by atoms with E-state index in [2.05, 4.69) is 46.0 Å². The maximum Gasteiger partial charge on any atom is 0.340 e. The molecule has 2 N–H and O–H groups in total. The molecule has 1 aliphatic heterocycles. The van der Waals surface area contributed by atoms with Gasteiger partial charge in [0.1, 0.15) is 12.2 Å². The number of hydrogen-bond acceptors (Lipinski definition) is 9. The molecule has 5 aromatic rings. The van der Waals surface area contributed by atoms with E-state index in [4.69, 9.17) is 9.84 Å². The highest BCUT2D eigenvalue weighted by Crippen LogP contribution is 2.60.